The van der Waals surface area contributed by atoms with E-state index in [1.807, 2.05) is 0 Å². The minimum Gasteiger partial charge on any atom is -0.480 e. The molecule has 1 aromatic carbocycles. The molecule has 1 atom stereocenters. The van der Waals surface area contributed by atoms with Crippen molar-refractivity contribution in [2.45, 2.75) is 12.5 Å². The number of carbonyl (C=O) groups is 3. The quantitative estimate of drug-likeness (QED) is 0.581. The van der Waals surface area contributed by atoms with Gasteiger partial charge in [-0.3, -0.25) is 4.79 Å². The molecule has 0 aromatic heterocycles. The topological polar surface area (TPSA) is 138 Å². The Morgan fingerprint density at radius 2 is 1.61 bits per heavy atom. The van der Waals surface area contributed by atoms with E-state index in [4.69, 9.17) is 21.1 Å². The number of aliphatic carboxylic acids is 1. The molecule has 0 aliphatic heterocycles. The summed E-state index contributed by atoms with van der Waals surface area (Å²) in [5.74, 6) is -3.96. The van der Waals surface area contributed by atoms with E-state index in [1.165, 1.54) is 6.07 Å². The Bertz CT molecular complexity index is 510. The van der Waals surface area contributed by atoms with Crippen molar-refractivity contribution in [2.24, 2.45) is 5.73 Å². The van der Waals surface area contributed by atoms with Gasteiger partial charge in [0.1, 0.15) is 6.04 Å². The average Bonchev–Trinajstić information content (AvgIpc) is 2.28. The second-order valence-electron chi connectivity index (χ2n) is 3.64. The van der Waals surface area contributed by atoms with Crippen LogP contribution in [0, 0.1) is 0 Å². The summed E-state index contributed by atoms with van der Waals surface area (Å²) in [5, 5.41) is 26.3. The molecule has 0 radical (unpaired) electrons. The summed E-state index contributed by atoms with van der Waals surface area (Å²) >= 11 is 0. The lowest BCUT2D eigenvalue weighted by atomic mass is 10.00. The molecule has 18 heavy (non-hydrogen) atoms. The van der Waals surface area contributed by atoms with Gasteiger partial charge in [-0.2, -0.15) is 0 Å². The van der Waals surface area contributed by atoms with Crippen molar-refractivity contribution in [3.8, 4) is 0 Å². The summed E-state index contributed by atoms with van der Waals surface area (Å²) in [5.41, 5.74) is 4.92. The highest BCUT2D eigenvalue weighted by Crippen LogP contribution is 2.14. The second-order valence-corrected chi connectivity index (χ2v) is 3.64. The molecule has 1 unspecified atom stereocenters. The number of rotatable bonds is 5. The van der Waals surface area contributed by atoms with E-state index < -0.39 is 29.5 Å². The van der Waals surface area contributed by atoms with E-state index in [9.17, 15) is 14.4 Å². The van der Waals surface area contributed by atoms with Crippen molar-refractivity contribution in [3.05, 3.63) is 34.9 Å². The highest BCUT2D eigenvalue weighted by atomic mass is 16.4. The highest BCUT2D eigenvalue weighted by molar-refractivity contribution is 6.01. The van der Waals surface area contributed by atoms with Gasteiger partial charge in [-0.05, 0) is 24.1 Å². The number of benzene rings is 1. The summed E-state index contributed by atoms with van der Waals surface area (Å²) in [6.45, 7) is 0. The second kappa shape index (κ2) is 5.28. The lowest BCUT2D eigenvalue weighted by molar-refractivity contribution is -0.138. The molecule has 1 rings (SSSR count). The SMILES string of the molecule is NC(Cc1ccc(C(=O)O)c(C(=O)O)c1)C(=O)O. The number of hydrogen-bond donors (Lipinski definition) is 4. The molecule has 5 N–H and O–H groups in total. The van der Waals surface area contributed by atoms with Gasteiger partial charge in [0.25, 0.3) is 0 Å². The van der Waals surface area contributed by atoms with E-state index in [0.29, 0.717) is 5.56 Å². The Hall–Kier alpha value is -2.41. The monoisotopic (exact) mass is 253 g/mol. The van der Waals surface area contributed by atoms with Crippen LogP contribution < -0.4 is 5.73 Å². The maximum atomic E-state index is 10.9. The van der Waals surface area contributed by atoms with Crippen molar-refractivity contribution in [1.29, 1.82) is 0 Å². The molecule has 0 saturated carbocycles. The zero-order chi connectivity index (χ0) is 13.9. The lowest BCUT2D eigenvalue weighted by Gasteiger charge is -2.08. The summed E-state index contributed by atoms with van der Waals surface area (Å²) in [6.07, 6.45) is -0.0739. The fraction of sp³-hybridized carbons (Fsp3) is 0.182. The van der Waals surface area contributed by atoms with Gasteiger partial charge in [0.05, 0.1) is 11.1 Å². The molecule has 0 heterocycles. The lowest BCUT2D eigenvalue weighted by Crippen LogP contribution is -2.32. The van der Waals surface area contributed by atoms with E-state index >= 15 is 0 Å². The molecular weight excluding hydrogens is 242 g/mol. The number of carboxylic acid groups (broad SMARTS) is 3. The Balaban J connectivity index is 3.11. The van der Waals surface area contributed by atoms with Crippen molar-refractivity contribution in [3.63, 3.8) is 0 Å². The Labute approximate surface area is 101 Å². The van der Waals surface area contributed by atoms with E-state index in [-0.39, 0.29) is 12.0 Å². The third kappa shape index (κ3) is 3.05. The Morgan fingerprint density at radius 3 is 2.06 bits per heavy atom. The van der Waals surface area contributed by atoms with Crippen LogP contribution in [0.3, 0.4) is 0 Å². The summed E-state index contributed by atoms with van der Waals surface area (Å²) in [6, 6.07) is 2.42. The standard InChI is InChI=1S/C11H11NO6/c12-8(11(17)18)4-5-1-2-6(9(13)14)7(3-5)10(15)16/h1-3,8H,4,12H2,(H,13,14)(H,15,16)(H,17,18). The van der Waals surface area contributed by atoms with E-state index in [1.54, 1.807) is 0 Å². The fourth-order valence-electron chi connectivity index (χ4n) is 1.42. The Kier molecular flexibility index (Phi) is 4.01. The first kappa shape index (κ1) is 13.7. The van der Waals surface area contributed by atoms with Crippen molar-refractivity contribution in [2.75, 3.05) is 0 Å². The first-order valence-electron chi connectivity index (χ1n) is 4.91. The normalized spacial score (nSPS) is 11.8. The van der Waals surface area contributed by atoms with Crippen molar-refractivity contribution < 1.29 is 29.7 Å². The average molecular weight is 253 g/mol. The molecule has 0 spiro atoms. The van der Waals surface area contributed by atoms with Crippen LogP contribution in [0.4, 0.5) is 0 Å². The fourth-order valence-corrected chi connectivity index (χ4v) is 1.42. The summed E-state index contributed by atoms with van der Waals surface area (Å²) in [7, 11) is 0. The molecule has 0 fully saturated rings. The van der Waals surface area contributed by atoms with Crippen LogP contribution in [-0.2, 0) is 11.2 Å². The van der Waals surface area contributed by atoms with E-state index in [2.05, 4.69) is 0 Å². The number of hydrogen-bond acceptors (Lipinski definition) is 4. The molecular formula is C11H11NO6. The molecule has 7 heteroatoms. The largest absolute Gasteiger partial charge is 0.480 e. The van der Waals surface area contributed by atoms with Gasteiger partial charge in [-0.25, -0.2) is 9.59 Å². The van der Waals surface area contributed by atoms with Crippen LogP contribution in [0.25, 0.3) is 0 Å². The first-order valence-corrected chi connectivity index (χ1v) is 4.91. The first-order chi connectivity index (χ1) is 8.32. The predicted octanol–water partition coefficient (Wildman–Crippen LogP) is 0.0374. The molecule has 0 aliphatic carbocycles. The Morgan fingerprint density at radius 1 is 1.06 bits per heavy atom. The van der Waals surface area contributed by atoms with Gasteiger partial charge in [-0.15, -0.1) is 0 Å². The van der Waals surface area contributed by atoms with Crippen LogP contribution in [0.2, 0.25) is 0 Å². The molecule has 0 bridgehead atoms. The third-order valence-corrected chi connectivity index (χ3v) is 2.32. The molecule has 7 nitrogen and oxygen atoms in total. The van der Waals surface area contributed by atoms with Crippen LogP contribution in [0.15, 0.2) is 18.2 Å². The van der Waals surface area contributed by atoms with Crippen LogP contribution in [0.1, 0.15) is 26.3 Å². The molecule has 0 amide bonds. The third-order valence-electron chi connectivity index (χ3n) is 2.32. The molecule has 0 aliphatic rings. The zero-order valence-corrected chi connectivity index (χ0v) is 9.16. The van der Waals surface area contributed by atoms with Gasteiger partial charge in [0.15, 0.2) is 0 Å². The van der Waals surface area contributed by atoms with Gasteiger partial charge < -0.3 is 21.1 Å². The van der Waals surface area contributed by atoms with Crippen LogP contribution in [0.5, 0.6) is 0 Å². The molecule has 96 valence electrons. The maximum Gasteiger partial charge on any atom is 0.336 e. The van der Waals surface area contributed by atoms with Gasteiger partial charge in [-0.1, -0.05) is 6.07 Å². The van der Waals surface area contributed by atoms with Gasteiger partial charge in [0, 0.05) is 0 Å². The van der Waals surface area contributed by atoms with Gasteiger partial charge in [0.2, 0.25) is 0 Å². The zero-order valence-electron chi connectivity index (χ0n) is 9.16. The van der Waals surface area contributed by atoms with Gasteiger partial charge >= 0.3 is 17.9 Å². The minimum atomic E-state index is -1.39. The number of nitrogens with two attached hydrogens (primary N) is 1. The van der Waals surface area contributed by atoms with Crippen molar-refractivity contribution >= 4 is 17.9 Å². The molecule has 1 aromatic rings. The summed E-state index contributed by atoms with van der Waals surface area (Å²) < 4.78 is 0. The number of aromatic carboxylic acids is 2. The highest BCUT2D eigenvalue weighted by Gasteiger charge is 2.18. The van der Waals surface area contributed by atoms with Crippen LogP contribution in [-0.4, -0.2) is 39.3 Å². The minimum absolute atomic E-state index is 0.0739. The maximum absolute atomic E-state index is 10.9. The summed E-state index contributed by atoms with van der Waals surface area (Å²) in [4.78, 5) is 32.2. The van der Waals surface area contributed by atoms with E-state index in [0.717, 1.165) is 12.1 Å². The smallest absolute Gasteiger partial charge is 0.336 e. The van der Waals surface area contributed by atoms with Crippen molar-refractivity contribution in [1.82, 2.24) is 0 Å². The number of carboxylic acids is 3. The predicted molar refractivity (Wildman–Crippen MR) is 59.7 cm³/mol. The van der Waals surface area contributed by atoms with Crippen LogP contribution >= 0.6 is 0 Å². The molecule has 0 saturated heterocycles.